The fraction of sp³-hybridized carbons (Fsp3) is 0.933. The Kier molecular flexibility index (Phi) is 5.52. The summed E-state index contributed by atoms with van der Waals surface area (Å²) in [7, 11) is 0. The molecular formula is C15H27ClN2O. The second-order valence-corrected chi connectivity index (χ2v) is 6.50. The van der Waals surface area contributed by atoms with Crippen molar-refractivity contribution in [3.8, 4) is 0 Å². The maximum Gasteiger partial charge on any atom is 0.237 e. The normalized spacial score (nSPS) is 34.6. The monoisotopic (exact) mass is 286 g/mol. The average Bonchev–Trinajstić information content (AvgIpc) is 3.04. The largest absolute Gasteiger partial charge is 0.354 e. The molecule has 1 aliphatic heterocycles. The summed E-state index contributed by atoms with van der Waals surface area (Å²) in [6, 6.07) is 0.723. The van der Waals surface area contributed by atoms with E-state index in [0.29, 0.717) is 6.04 Å². The summed E-state index contributed by atoms with van der Waals surface area (Å²) >= 11 is 0. The van der Waals surface area contributed by atoms with Crippen molar-refractivity contribution < 1.29 is 4.79 Å². The lowest BCUT2D eigenvalue weighted by atomic mass is 9.85. The molecule has 3 atom stereocenters. The fourth-order valence-electron chi connectivity index (χ4n) is 4.10. The molecular weight excluding hydrogens is 260 g/mol. The SMILES string of the molecule is Cl.O=C(NCC1CCCC1)C1CC2CCCCC2N1. The van der Waals surface area contributed by atoms with Gasteiger partial charge in [-0.1, -0.05) is 25.7 Å². The highest BCUT2D eigenvalue weighted by Crippen LogP contribution is 2.33. The van der Waals surface area contributed by atoms with Crippen molar-refractivity contribution in [2.45, 2.75) is 69.9 Å². The molecule has 19 heavy (non-hydrogen) atoms. The number of hydrogen-bond donors (Lipinski definition) is 2. The van der Waals surface area contributed by atoms with E-state index in [2.05, 4.69) is 10.6 Å². The molecule has 3 fully saturated rings. The van der Waals surface area contributed by atoms with Crippen LogP contribution in [0.5, 0.6) is 0 Å². The zero-order valence-corrected chi connectivity index (χ0v) is 12.5. The summed E-state index contributed by atoms with van der Waals surface area (Å²) < 4.78 is 0. The molecule has 1 saturated heterocycles. The van der Waals surface area contributed by atoms with Crippen LogP contribution in [0.2, 0.25) is 0 Å². The van der Waals surface area contributed by atoms with Crippen LogP contribution in [0.3, 0.4) is 0 Å². The minimum absolute atomic E-state index is 0. The van der Waals surface area contributed by atoms with Crippen molar-refractivity contribution in [2.75, 3.05) is 6.54 Å². The summed E-state index contributed by atoms with van der Waals surface area (Å²) in [6.07, 6.45) is 11.7. The molecule has 1 heterocycles. The van der Waals surface area contributed by atoms with Gasteiger partial charge in [0.05, 0.1) is 6.04 Å². The lowest BCUT2D eigenvalue weighted by Gasteiger charge is -2.24. The molecule has 2 saturated carbocycles. The number of carbonyl (C=O) groups excluding carboxylic acids is 1. The number of rotatable bonds is 3. The van der Waals surface area contributed by atoms with Gasteiger partial charge in [-0.2, -0.15) is 0 Å². The maximum absolute atomic E-state index is 12.2. The molecule has 2 N–H and O–H groups in total. The van der Waals surface area contributed by atoms with Crippen molar-refractivity contribution in [3.05, 3.63) is 0 Å². The highest BCUT2D eigenvalue weighted by atomic mass is 35.5. The second kappa shape index (κ2) is 6.94. The first-order valence-electron chi connectivity index (χ1n) is 7.86. The molecule has 0 aromatic heterocycles. The molecule has 4 heteroatoms. The van der Waals surface area contributed by atoms with E-state index >= 15 is 0 Å². The van der Waals surface area contributed by atoms with Crippen LogP contribution in [-0.4, -0.2) is 24.5 Å². The van der Waals surface area contributed by atoms with Crippen LogP contribution in [-0.2, 0) is 4.79 Å². The third-order valence-electron chi connectivity index (χ3n) is 5.22. The van der Waals surface area contributed by atoms with Crippen LogP contribution in [0.15, 0.2) is 0 Å². The lowest BCUT2D eigenvalue weighted by molar-refractivity contribution is -0.123. The first-order valence-corrected chi connectivity index (χ1v) is 7.86. The van der Waals surface area contributed by atoms with Crippen molar-refractivity contribution in [3.63, 3.8) is 0 Å². The minimum atomic E-state index is 0. The molecule has 3 nitrogen and oxygen atoms in total. The van der Waals surface area contributed by atoms with E-state index in [1.54, 1.807) is 0 Å². The van der Waals surface area contributed by atoms with Gasteiger partial charge >= 0.3 is 0 Å². The Bertz CT molecular complexity index is 291. The molecule has 1 amide bonds. The van der Waals surface area contributed by atoms with Crippen molar-refractivity contribution >= 4 is 18.3 Å². The van der Waals surface area contributed by atoms with Crippen LogP contribution < -0.4 is 10.6 Å². The lowest BCUT2D eigenvalue weighted by Crippen LogP contribution is -2.44. The van der Waals surface area contributed by atoms with Crippen LogP contribution >= 0.6 is 12.4 Å². The molecule has 110 valence electrons. The smallest absolute Gasteiger partial charge is 0.237 e. The Balaban J connectivity index is 0.00000133. The highest BCUT2D eigenvalue weighted by molar-refractivity contribution is 5.85. The Morgan fingerprint density at radius 3 is 2.47 bits per heavy atom. The number of halogens is 1. The molecule has 0 radical (unpaired) electrons. The van der Waals surface area contributed by atoms with Gasteiger partial charge in [-0.15, -0.1) is 12.4 Å². The first-order chi connectivity index (χ1) is 8.83. The van der Waals surface area contributed by atoms with Gasteiger partial charge in [0.25, 0.3) is 0 Å². The fourth-order valence-corrected chi connectivity index (χ4v) is 4.10. The summed E-state index contributed by atoms with van der Waals surface area (Å²) in [5, 5.41) is 6.73. The predicted molar refractivity (Wildman–Crippen MR) is 79.5 cm³/mol. The molecule has 0 bridgehead atoms. The first kappa shape index (κ1) is 15.1. The van der Waals surface area contributed by atoms with E-state index in [-0.39, 0.29) is 24.4 Å². The number of amides is 1. The van der Waals surface area contributed by atoms with Gasteiger partial charge in [0, 0.05) is 12.6 Å². The van der Waals surface area contributed by atoms with Crippen LogP contribution in [0.4, 0.5) is 0 Å². The van der Waals surface area contributed by atoms with Crippen molar-refractivity contribution in [1.82, 2.24) is 10.6 Å². The third-order valence-corrected chi connectivity index (χ3v) is 5.22. The van der Waals surface area contributed by atoms with E-state index in [1.807, 2.05) is 0 Å². The van der Waals surface area contributed by atoms with Gasteiger partial charge in [0.1, 0.15) is 0 Å². The van der Waals surface area contributed by atoms with Gasteiger partial charge in [-0.25, -0.2) is 0 Å². The summed E-state index contributed by atoms with van der Waals surface area (Å²) in [6.45, 7) is 0.909. The Morgan fingerprint density at radius 1 is 1.05 bits per heavy atom. The second-order valence-electron chi connectivity index (χ2n) is 6.50. The van der Waals surface area contributed by atoms with Gasteiger partial charge in [0.2, 0.25) is 5.91 Å². The molecule has 0 spiro atoms. The van der Waals surface area contributed by atoms with Gasteiger partial charge in [-0.3, -0.25) is 4.79 Å². The zero-order valence-electron chi connectivity index (χ0n) is 11.7. The van der Waals surface area contributed by atoms with E-state index in [1.165, 1.54) is 51.4 Å². The van der Waals surface area contributed by atoms with Crippen LogP contribution in [0.25, 0.3) is 0 Å². The summed E-state index contributed by atoms with van der Waals surface area (Å²) in [5.74, 6) is 1.77. The molecule has 2 aliphatic carbocycles. The molecule has 3 rings (SSSR count). The summed E-state index contributed by atoms with van der Waals surface area (Å²) in [5.41, 5.74) is 0. The third kappa shape index (κ3) is 3.63. The topological polar surface area (TPSA) is 41.1 Å². The van der Waals surface area contributed by atoms with Crippen LogP contribution in [0.1, 0.15) is 57.8 Å². The Hall–Kier alpha value is -0.280. The number of carbonyl (C=O) groups is 1. The number of hydrogen-bond acceptors (Lipinski definition) is 2. The van der Waals surface area contributed by atoms with E-state index in [0.717, 1.165) is 24.8 Å². The Morgan fingerprint density at radius 2 is 1.74 bits per heavy atom. The van der Waals surface area contributed by atoms with Crippen molar-refractivity contribution in [1.29, 1.82) is 0 Å². The highest BCUT2D eigenvalue weighted by Gasteiger charge is 2.38. The van der Waals surface area contributed by atoms with E-state index in [4.69, 9.17) is 0 Å². The molecule has 3 unspecified atom stereocenters. The number of fused-ring (bicyclic) bond motifs is 1. The minimum Gasteiger partial charge on any atom is -0.354 e. The maximum atomic E-state index is 12.2. The van der Waals surface area contributed by atoms with Gasteiger partial charge < -0.3 is 10.6 Å². The zero-order chi connectivity index (χ0) is 12.4. The Labute approximate surface area is 122 Å². The van der Waals surface area contributed by atoms with Gasteiger partial charge in [-0.05, 0) is 43.9 Å². The van der Waals surface area contributed by atoms with Gasteiger partial charge in [0.15, 0.2) is 0 Å². The average molecular weight is 287 g/mol. The van der Waals surface area contributed by atoms with Crippen molar-refractivity contribution in [2.24, 2.45) is 11.8 Å². The standard InChI is InChI=1S/C15H26N2O.ClH/c18-15(16-10-11-5-1-2-6-11)14-9-12-7-3-4-8-13(12)17-14;/h11-14,17H,1-10H2,(H,16,18);1H. The van der Waals surface area contributed by atoms with E-state index < -0.39 is 0 Å². The number of nitrogens with one attached hydrogen (secondary N) is 2. The predicted octanol–water partition coefficient (Wildman–Crippen LogP) is 2.64. The molecule has 0 aromatic rings. The molecule has 3 aliphatic rings. The summed E-state index contributed by atoms with van der Waals surface area (Å²) in [4.78, 5) is 12.2. The molecule has 0 aromatic carbocycles. The quantitative estimate of drug-likeness (QED) is 0.837. The van der Waals surface area contributed by atoms with Crippen LogP contribution in [0, 0.1) is 11.8 Å². The van der Waals surface area contributed by atoms with E-state index in [9.17, 15) is 4.79 Å².